The molecule has 1 fully saturated rings. The van der Waals surface area contributed by atoms with Gasteiger partial charge in [-0.3, -0.25) is 9.69 Å². The molecular weight excluding hydrogens is 386 g/mol. The molecule has 7 heteroatoms. The van der Waals surface area contributed by atoms with Gasteiger partial charge in [-0.25, -0.2) is 13.6 Å². The third kappa shape index (κ3) is 6.66. The maximum Gasteiger partial charge on any atom is 0.238 e. The zero-order chi connectivity index (χ0) is 20.7. The van der Waals surface area contributed by atoms with Crippen LogP contribution in [0.1, 0.15) is 44.1 Å². The molecular formula is C22H29N3O3S. The van der Waals surface area contributed by atoms with Crippen molar-refractivity contribution in [2.75, 3.05) is 11.9 Å². The molecule has 29 heavy (non-hydrogen) atoms. The highest BCUT2D eigenvalue weighted by Gasteiger charge is 2.22. The largest absolute Gasteiger partial charge is 0.326 e. The molecule has 2 aromatic carbocycles. The fourth-order valence-corrected chi connectivity index (χ4v) is 4.37. The van der Waals surface area contributed by atoms with E-state index < -0.39 is 10.0 Å². The van der Waals surface area contributed by atoms with E-state index in [0.717, 1.165) is 6.54 Å². The number of amides is 1. The van der Waals surface area contributed by atoms with Crippen molar-refractivity contribution >= 4 is 21.6 Å². The summed E-state index contributed by atoms with van der Waals surface area (Å²) in [5.74, 6) is -0.0813. The van der Waals surface area contributed by atoms with Crippen LogP contribution in [0.25, 0.3) is 0 Å². The maximum atomic E-state index is 12.5. The van der Waals surface area contributed by atoms with Gasteiger partial charge in [-0.15, -0.1) is 0 Å². The number of hydrogen-bond donors (Lipinski definition) is 2. The van der Waals surface area contributed by atoms with E-state index in [2.05, 4.69) is 22.3 Å². The SMILES string of the molecule is NS(=O)(=O)c1ccc(NC(=O)CCN(Cc2ccccc2)C2CCCCC2)cc1. The number of carbonyl (C=O) groups is 1. The third-order valence-electron chi connectivity index (χ3n) is 5.41. The fraction of sp³-hybridized carbons (Fsp3) is 0.409. The lowest BCUT2D eigenvalue weighted by Crippen LogP contribution is -2.38. The molecule has 0 saturated heterocycles. The average Bonchev–Trinajstić information content (AvgIpc) is 2.72. The molecule has 3 N–H and O–H groups in total. The Kier molecular flexibility index (Phi) is 7.41. The van der Waals surface area contributed by atoms with E-state index in [-0.39, 0.29) is 10.8 Å². The van der Waals surface area contributed by atoms with E-state index >= 15 is 0 Å². The summed E-state index contributed by atoms with van der Waals surface area (Å²) in [4.78, 5) is 14.9. The lowest BCUT2D eigenvalue weighted by Gasteiger charge is -2.34. The Morgan fingerprint density at radius 1 is 1.00 bits per heavy atom. The van der Waals surface area contributed by atoms with Crippen molar-refractivity contribution in [2.24, 2.45) is 5.14 Å². The predicted molar refractivity (Wildman–Crippen MR) is 115 cm³/mol. The fourth-order valence-electron chi connectivity index (χ4n) is 3.85. The number of sulfonamides is 1. The molecule has 156 valence electrons. The van der Waals surface area contributed by atoms with Crippen molar-refractivity contribution in [1.29, 1.82) is 0 Å². The molecule has 0 unspecified atom stereocenters. The minimum absolute atomic E-state index is 0.0295. The van der Waals surface area contributed by atoms with Crippen molar-refractivity contribution < 1.29 is 13.2 Å². The molecule has 0 aromatic heterocycles. The summed E-state index contributed by atoms with van der Waals surface area (Å²) in [6, 6.07) is 16.8. The predicted octanol–water partition coefficient (Wildman–Crippen LogP) is 3.50. The maximum absolute atomic E-state index is 12.5. The van der Waals surface area contributed by atoms with E-state index in [9.17, 15) is 13.2 Å². The Balaban J connectivity index is 1.58. The lowest BCUT2D eigenvalue weighted by atomic mass is 9.93. The van der Waals surface area contributed by atoms with Crippen LogP contribution >= 0.6 is 0 Å². The number of nitrogens with one attached hydrogen (secondary N) is 1. The summed E-state index contributed by atoms with van der Waals surface area (Å²) in [5.41, 5.74) is 1.83. The Hall–Kier alpha value is -2.22. The van der Waals surface area contributed by atoms with E-state index in [1.165, 1.54) is 49.8 Å². The van der Waals surface area contributed by atoms with Crippen molar-refractivity contribution in [2.45, 2.75) is 56.0 Å². The second-order valence-electron chi connectivity index (χ2n) is 7.62. The second-order valence-corrected chi connectivity index (χ2v) is 9.18. The van der Waals surface area contributed by atoms with Crippen LogP contribution in [0.2, 0.25) is 0 Å². The minimum Gasteiger partial charge on any atom is -0.326 e. The zero-order valence-corrected chi connectivity index (χ0v) is 17.4. The second kappa shape index (κ2) is 10.0. The molecule has 2 aromatic rings. The normalized spacial score (nSPS) is 15.4. The molecule has 1 aliphatic rings. The number of rotatable bonds is 8. The van der Waals surface area contributed by atoms with Crippen LogP contribution in [-0.4, -0.2) is 31.8 Å². The van der Waals surface area contributed by atoms with Crippen LogP contribution in [0.15, 0.2) is 59.5 Å². The molecule has 3 rings (SSSR count). The summed E-state index contributed by atoms with van der Waals surface area (Å²) in [6.45, 7) is 1.54. The monoisotopic (exact) mass is 415 g/mol. The standard InChI is InChI=1S/C22H29N3O3S/c23-29(27,28)21-13-11-19(12-14-21)24-22(26)15-16-25(20-9-5-2-6-10-20)17-18-7-3-1-4-8-18/h1,3-4,7-8,11-14,20H,2,5-6,9-10,15-17H2,(H,24,26)(H2,23,27,28). The topological polar surface area (TPSA) is 92.5 Å². The van der Waals surface area contributed by atoms with Crippen molar-refractivity contribution in [3.05, 3.63) is 60.2 Å². The van der Waals surface area contributed by atoms with Gasteiger partial charge in [0, 0.05) is 31.2 Å². The number of carbonyl (C=O) groups excluding carboxylic acids is 1. The van der Waals surface area contributed by atoms with Gasteiger partial charge in [-0.05, 0) is 42.7 Å². The molecule has 1 saturated carbocycles. The molecule has 0 radical (unpaired) electrons. The number of benzene rings is 2. The average molecular weight is 416 g/mol. The number of nitrogens with zero attached hydrogens (tertiary/aromatic N) is 1. The van der Waals surface area contributed by atoms with Crippen LogP contribution in [0.3, 0.4) is 0 Å². The van der Waals surface area contributed by atoms with E-state index in [4.69, 9.17) is 5.14 Å². The molecule has 0 heterocycles. The zero-order valence-electron chi connectivity index (χ0n) is 16.6. The summed E-state index contributed by atoms with van der Waals surface area (Å²) in [7, 11) is -3.73. The number of nitrogens with two attached hydrogens (primary N) is 1. The van der Waals surface area contributed by atoms with Gasteiger partial charge in [0.25, 0.3) is 0 Å². The summed E-state index contributed by atoms with van der Waals surface area (Å²) in [6.07, 6.45) is 6.55. The van der Waals surface area contributed by atoms with Gasteiger partial charge in [0.1, 0.15) is 0 Å². The van der Waals surface area contributed by atoms with Crippen molar-refractivity contribution in [3.63, 3.8) is 0 Å². The van der Waals surface area contributed by atoms with E-state index in [1.54, 1.807) is 12.1 Å². The highest BCUT2D eigenvalue weighted by Crippen LogP contribution is 2.24. The highest BCUT2D eigenvalue weighted by atomic mass is 32.2. The van der Waals surface area contributed by atoms with Gasteiger partial charge in [0.2, 0.25) is 15.9 Å². The number of hydrogen-bond acceptors (Lipinski definition) is 4. The first-order valence-electron chi connectivity index (χ1n) is 10.1. The molecule has 0 bridgehead atoms. The van der Waals surface area contributed by atoms with Gasteiger partial charge in [0.05, 0.1) is 4.90 Å². The van der Waals surface area contributed by atoms with Crippen LogP contribution in [0.4, 0.5) is 5.69 Å². The summed E-state index contributed by atoms with van der Waals surface area (Å²) in [5, 5.41) is 7.94. The first-order valence-corrected chi connectivity index (χ1v) is 11.7. The molecule has 0 aliphatic heterocycles. The van der Waals surface area contributed by atoms with Crippen molar-refractivity contribution in [1.82, 2.24) is 4.90 Å². The Bertz CT molecular complexity index is 893. The van der Waals surface area contributed by atoms with Gasteiger partial charge in [0.15, 0.2) is 0 Å². The Labute approximate surface area is 173 Å². The van der Waals surface area contributed by atoms with Gasteiger partial charge < -0.3 is 5.32 Å². The quantitative estimate of drug-likeness (QED) is 0.690. The first-order chi connectivity index (χ1) is 13.9. The summed E-state index contributed by atoms with van der Waals surface area (Å²) < 4.78 is 22.7. The van der Waals surface area contributed by atoms with E-state index in [0.29, 0.717) is 24.7 Å². The third-order valence-corrected chi connectivity index (χ3v) is 6.34. The van der Waals surface area contributed by atoms with Crippen LogP contribution in [0, 0.1) is 0 Å². The van der Waals surface area contributed by atoms with Gasteiger partial charge >= 0.3 is 0 Å². The highest BCUT2D eigenvalue weighted by molar-refractivity contribution is 7.89. The molecule has 1 aliphatic carbocycles. The Morgan fingerprint density at radius 3 is 2.28 bits per heavy atom. The van der Waals surface area contributed by atoms with Crippen LogP contribution in [-0.2, 0) is 21.4 Å². The minimum atomic E-state index is -3.73. The smallest absolute Gasteiger partial charge is 0.238 e. The molecule has 6 nitrogen and oxygen atoms in total. The number of anilines is 1. The molecule has 1 amide bonds. The molecule has 0 spiro atoms. The van der Waals surface area contributed by atoms with Gasteiger partial charge in [-0.2, -0.15) is 0 Å². The van der Waals surface area contributed by atoms with Crippen LogP contribution in [0.5, 0.6) is 0 Å². The molecule has 0 atom stereocenters. The Morgan fingerprint density at radius 2 is 1.66 bits per heavy atom. The summed E-state index contributed by atoms with van der Waals surface area (Å²) >= 11 is 0. The van der Waals surface area contributed by atoms with E-state index in [1.807, 2.05) is 18.2 Å². The van der Waals surface area contributed by atoms with Gasteiger partial charge in [-0.1, -0.05) is 49.6 Å². The lowest BCUT2D eigenvalue weighted by molar-refractivity contribution is -0.116. The first kappa shape index (κ1) is 21.5. The van der Waals surface area contributed by atoms with Crippen LogP contribution < -0.4 is 10.5 Å². The van der Waals surface area contributed by atoms with Crippen molar-refractivity contribution in [3.8, 4) is 0 Å². The number of primary sulfonamides is 1.